The van der Waals surface area contributed by atoms with Crippen molar-refractivity contribution in [1.29, 1.82) is 0 Å². The second-order valence-electron chi connectivity index (χ2n) is 5.94. The van der Waals surface area contributed by atoms with Gasteiger partial charge in [0.05, 0.1) is 12.8 Å². The smallest absolute Gasteiger partial charge is 0.319 e. The van der Waals surface area contributed by atoms with E-state index in [1.807, 2.05) is 60.7 Å². The van der Waals surface area contributed by atoms with Gasteiger partial charge in [-0.1, -0.05) is 48.5 Å². The summed E-state index contributed by atoms with van der Waals surface area (Å²) in [6.07, 6.45) is 0. The van der Waals surface area contributed by atoms with Gasteiger partial charge in [0.25, 0.3) is 0 Å². The Morgan fingerprint density at radius 2 is 1.73 bits per heavy atom. The van der Waals surface area contributed by atoms with E-state index < -0.39 is 0 Å². The van der Waals surface area contributed by atoms with E-state index in [0.29, 0.717) is 23.6 Å². The lowest BCUT2D eigenvalue weighted by atomic mass is 10.1. The van der Waals surface area contributed by atoms with Crippen molar-refractivity contribution in [2.45, 2.75) is 6.54 Å². The Labute approximate surface area is 150 Å². The first-order chi connectivity index (χ1) is 12.7. The van der Waals surface area contributed by atoms with Gasteiger partial charge in [0, 0.05) is 23.4 Å². The number of para-hydroxylation sites is 1. The average molecular weight is 346 g/mol. The van der Waals surface area contributed by atoms with Gasteiger partial charge < -0.3 is 19.8 Å². The minimum absolute atomic E-state index is 0.303. The zero-order valence-corrected chi connectivity index (χ0v) is 14.3. The third-order valence-electron chi connectivity index (χ3n) is 4.24. The number of methoxy groups -OCH3 is 1. The highest BCUT2D eigenvalue weighted by atomic mass is 16.5. The number of urea groups is 1. The Balaban J connectivity index is 1.59. The van der Waals surface area contributed by atoms with Crippen LogP contribution in [0, 0.1) is 0 Å². The van der Waals surface area contributed by atoms with E-state index in [0.717, 1.165) is 21.9 Å². The molecule has 3 aromatic carbocycles. The molecule has 0 saturated carbocycles. The third kappa shape index (κ3) is 3.07. The molecule has 2 N–H and O–H groups in total. The molecule has 0 spiro atoms. The first kappa shape index (κ1) is 16.0. The highest BCUT2D eigenvalue weighted by Gasteiger charge is 2.13. The summed E-state index contributed by atoms with van der Waals surface area (Å²) >= 11 is 0. The maximum Gasteiger partial charge on any atom is 0.319 e. The summed E-state index contributed by atoms with van der Waals surface area (Å²) in [4.78, 5) is 12.3. The van der Waals surface area contributed by atoms with Gasteiger partial charge in [0.2, 0.25) is 0 Å². The number of carbonyl (C=O) groups is 1. The van der Waals surface area contributed by atoms with Gasteiger partial charge >= 0.3 is 6.03 Å². The maximum absolute atomic E-state index is 12.3. The molecule has 1 aromatic heterocycles. The van der Waals surface area contributed by atoms with Crippen molar-refractivity contribution in [1.82, 2.24) is 5.32 Å². The fourth-order valence-electron chi connectivity index (χ4n) is 2.96. The molecule has 0 fully saturated rings. The van der Waals surface area contributed by atoms with Crippen LogP contribution in [0.1, 0.15) is 5.56 Å². The zero-order chi connectivity index (χ0) is 17.9. The zero-order valence-electron chi connectivity index (χ0n) is 14.3. The summed E-state index contributed by atoms with van der Waals surface area (Å²) in [5, 5.41) is 7.64. The van der Waals surface area contributed by atoms with Crippen LogP contribution in [0.2, 0.25) is 0 Å². The first-order valence-corrected chi connectivity index (χ1v) is 8.32. The Kier molecular flexibility index (Phi) is 4.19. The van der Waals surface area contributed by atoms with Gasteiger partial charge in [-0.15, -0.1) is 0 Å². The Hall–Kier alpha value is -3.47. The van der Waals surface area contributed by atoms with Crippen LogP contribution in [0.25, 0.3) is 21.9 Å². The average Bonchev–Trinajstić information content (AvgIpc) is 3.04. The lowest BCUT2D eigenvalue weighted by molar-refractivity contribution is 0.251. The fourth-order valence-corrected chi connectivity index (χ4v) is 2.96. The van der Waals surface area contributed by atoms with Gasteiger partial charge in [-0.05, 0) is 17.7 Å². The number of anilines is 1. The number of carbonyl (C=O) groups excluding carboxylic acids is 1. The number of hydrogen-bond donors (Lipinski definition) is 2. The minimum Gasteiger partial charge on any atom is -0.495 e. The number of hydrogen-bond acceptors (Lipinski definition) is 3. The van der Waals surface area contributed by atoms with Gasteiger partial charge in [0.1, 0.15) is 16.9 Å². The van der Waals surface area contributed by atoms with E-state index in [1.165, 1.54) is 0 Å². The van der Waals surface area contributed by atoms with Crippen LogP contribution in [0.3, 0.4) is 0 Å². The molecular formula is C21H18N2O3. The number of benzene rings is 3. The van der Waals surface area contributed by atoms with Crippen molar-refractivity contribution in [2.75, 3.05) is 12.4 Å². The van der Waals surface area contributed by atoms with Crippen LogP contribution >= 0.6 is 0 Å². The van der Waals surface area contributed by atoms with Crippen molar-refractivity contribution in [3.05, 3.63) is 72.3 Å². The second kappa shape index (κ2) is 6.80. The third-order valence-corrected chi connectivity index (χ3v) is 4.24. The highest BCUT2D eigenvalue weighted by Crippen LogP contribution is 2.36. The molecule has 0 aliphatic carbocycles. The molecule has 0 atom stereocenters. The molecular weight excluding hydrogens is 328 g/mol. The van der Waals surface area contributed by atoms with Gasteiger partial charge in [0.15, 0.2) is 0 Å². The van der Waals surface area contributed by atoms with E-state index in [4.69, 9.17) is 9.15 Å². The molecule has 0 unspecified atom stereocenters. The number of ether oxygens (including phenoxy) is 1. The molecule has 4 rings (SSSR count). The molecule has 26 heavy (non-hydrogen) atoms. The topological polar surface area (TPSA) is 63.5 Å². The highest BCUT2D eigenvalue weighted by molar-refractivity contribution is 6.07. The van der Waals surface area contributed by atoms with Crippen molar-refractivity contribution in [3.8, 4) is 5.75 Å². The van der Waals surface area contributed by atoms with Crippen molar-refractivity contribution < 1.29 is 13.9 Å². The summed E-state index contributed by atoms with van der Waals surface area (Å²) in [6.45, 7) is 0.446. The van der Waals surface area contributed by atoms with Crippen molar-refractivity contribution >= 4 is 33.7 Å². The summed E-state index contributed by atoms with van der Waals surface area (Å²) < 4.78 is 11.3. The molecule has 130 valence electrons. The molecule has 5 nitrogen and oxygen atoms in total. The fraction of sp³-hybridized carbons (Fsp3) is 0.0952. The van der Waals surface area contributed by atoms with Crippen LogP contribution in [0.4, 0.5) is 10.5 Å². The van der Waals surface area contributed by atoms with Gasteiger partial charge in [-0.2, -0.15) is 0 Å². The van der Waals surface area contributed by atoms with Crippen LogP contribution in [0.5, 0.6) is 5.75 Å². The van der Waals surface area contributed by atoms with Crippen LogP contribution in [0.15, 0.2) is 71.1 Å². The summed E-state index contributed by atoms with van der Waals surface area (Å²) in [6, 6.07) is 20.9. The predicted octanol–water partition coefficient (Wildman–Crippen LogP) is 4.92. The lowest BCUT2D eigenvalue weighted by Crippen LogP contribution is -2.28. The molecule has 0 saturated heterocycles. The largest absolute Gasteiger partial charge is 0.495 e. The molecule has 4 aromatic rings. The minimum atomic E-state index is -0.303. The molecule has 2 amide bonds. The number of nitrogens with one attached hydrogen (secondary N) is 2. The standard InChI is InChI=1S/C21H18N2O3/c1-25-20-11-16-15-9-5-6-10-18(15)26-19(16)12-17(20)23-21(24)22-13-14-7-3-2-4-8-14/h2-12H,13H2,1H3,(H2,22,23,24). The van der Waals surface area contributed by atoms with E-state index in [1.54, 1.807) is 13.2 Å². The molecule has 1 heterocycles. The lowest BCUT2D eigenvalue weighted by Gasteiger charge is -2.11. The van der Waals surface area contributed by atoms with Crippen LogP contribution in [-0.4, -0.2) is 13.1 Å². The second-order valence-corrected chi connectivity index (χ2v) is 5.94. The van der Waals surface area contributed by atoms with Crippen LogP contribution < -0.4 is 15.4 Å². The number of furan rings is 1. The SMILES string of the molecule is COc1cc2c(cc1NC(=O)NCc1ccccc1)oc1ccccc12. The van der Waals surface area contributed by atoms with Crippen LogP contribution in [-0.2, 0) is 6.54 Å². The Morgan fingerprint density at radius 1 is 0.962 bits per heavy atom. The normalized spacial score (nSPS) is 10.8. The Bertz CT molecular complexity index is 1070. The number of fused-ring (bicyclic) bond motifs is 3. The Morgan fingerprint density at radius 3 is 2.54 bits per heavy atom. The van der Waals surface area contributed by atoms with E-state index in [-0.39, 0.29) is 6.03 Å². The summed E-state index contributed by atoms with van der Waals surface area (Å²) in [7, 11) is 1.58. The molecule has 0 aliphatic rings. The maximum atomic E-state index is 12.3. The molecule has 0 bridgehead atoms. The van der Waals surface area contributed by atoms with E-state index in [9.17, 15) is 4.79 Å². The number of rotatable bonds is 4. The van der Waals surface area contributed by atoms with Gasteiger partial charge in [-0.3, -0.25) is 0 Å². The van der Waals surface area contributed by atoms with Crippen molar-refractivity contribution in [3.63, 3.8) is 0 Å². The van der Waals surface area contributed by atoms with E-state index in [2.05, 4.69) is 10.6 Å². The molecule has 0 radical (unpaired) electrons. The van der Waals surface area contributed by atoms with Gasteiger partial charge in [-0.25, -0.2) is 4.79 Å². The monoisotopic (exact) mass is 346 g/mol. The predicted molar refractivity (Wildman–Crippen MR) is 103 cm³/mol. The molecule has 5 heteroatoms. The van der Waals surface area contributed by atoms with E-state index >= 15 is 0 Å². The summed E-state index contributed by atoms with van der Waals surface area (Å²) in [5.41, 5.74) is 3.09. The first-order valence-electron chi connectivity index (χ1n) is 8.32. The summed E-state index contributed by atoms with van der Waals surface area (Å²) in [5.74, 6) is 0.582. The number of amides is 2. The quantitative estimate of drug-likeness (QED) is 0.551. The molecule has 0 aliphatic heterocycles. The van der Waals surface area contributed by atoms with Crippen molar-refractivity contribution in [2.24, 2.45) is 0 Å².